The van der Waals surface area contributed by atoms with Gasteiger partial charge in [0.1, 0.15) is 29.2 Å². The molecule has 3 saturated heterocycles. The first-order chi connectivity index (χ1) is 29.2. The van der Waals surface area contributed by atoms with E-state index in [0.29, 0.717) is 55.0 Å². The molecule has 0 bridgehead atoms. The second kappa shape index (κ2) is 18.5. The molecule has 0 unspecified atom stereocenters. The fourth-order valence-corrected chi connectivity index (χ4v) is 8.39. The van der Waals surface area contributed by atoms with Gasteiger partial charge >= 0.3 is 6.09 Å². The minimum absolute atomic E-state index is 0.147. The quantitative estimate of drug-likeness (QED) is 0.119. The van der Waals surface area contributed by atoms with Gasteiger partial charge in [-0.15, -0.1) is 0 Å². The van der Waals surface area contributed by atoms with E-state index in [4.69, 9.17) is 35.1 Å². The van der Waals surface area contributed by atoms with Crippen molar-refractivity contribution in [3.8, 4) is 34.3 Å². The van der Waals surface area contributed by atoms with E-state index < -0.39 is 0 Å². The van der Waals surface area contributed by atoms with Crippen LogP contribution in [0, 0.1) is 25.7 Å². The van der Waals surface area contributed by atoms with Gasteiger partial charge in [-0.1, -0.05) is 36.4 Å². The Morgan fingerprint density at radius 2 is 1.28 bits per heavy atom. The summed E-state index contributed by atoms with van der Waals surface area (Å²) >= 11 is 0. The number of piperidine rings is 2. The molecule has 1 amide bonds. The van der Waals surface area contributed by atoms with Crippen LogP contribution in [-0.2, 0) is 9.47 Å². The number of hydrogen-bond donors (Lipinski definition) is 4. The highest BCUT2D eigenvalue weighted by Crippen LogP contribution is 2.35. The number of anilines is 2. The monoisotopic (exact) mass is 810 g/mol. The maximum absolute atomic E-state index is 12.2. The summed E-state index contributed by atoms with van der Waals surface area (Å²) in [4.78, 5) is 36.1. The number of carbonyl (C=O) groups is 1. The van der Waals surface area contributed by atoms with Crippen LogP contribution in [0.2, 0.25) is 0 Å². The number of aryl methyl sites for hydroxylation is 2. The Morgan fingerprint density at radius 1 is 0.750 bits per heavy atom. The van der Waals surface area contributed by atoms with Crippen molar-refractivity contribution in [3.05, 3.63) is 96.1 Å². The fraction of sp³-hybridized carbons (Fsp3) is 0.383. The summed E-state index contributed by atoms with van der Waals surface area (Å²) in [5.41, 5.74) is 11.2. The molecule has 13 heteroatoms. The van der Waals surface area contributed by atoms with Gasteiger partial charge in [0.2, 0.25) is 0 Å². The highest BCUT2D eigenvalue weighted by Gasteiger charge is 2.27. The van der Waals surface area contributed by atoms with Gasteiger partial charge in [-0.25, -0.2) is 24.7 Å². The highest BCUT2D eigenvalue weighted by molar-refractivity contribution is 5.93. The predicted molar refractivity (Wildman–Crippen MR) is 235 cm³/mol. The summed E-state index contributed by atoms with van der Waals surface area (Å²) in [6.07, 6.45) is 4.54. The summed E-state index contributed by atoms with van der Waals surface area (Å²) in [5, 5.41) is 25.6. The minimum Gasteiger partial charge on any atom is -0.507 e. The third-order valence-corrected chi connectivity index (χ3v) is 11.6. The third kappa shape index (κ3) is 9.37. The lowest BCUT2D eigenvalue weighted by Gasteiger charge is -2.34. The number of carbonyl (C=O) groups excluding carboxylic acids is 1. The molecule has 13 nitrogen and oxygen atoms in total. The van der Waals surface area contributed by atoms with E-state index in [2.05, 4.69) is 58.4 Å². The zero-order chi connectivity index (χ0) is 41.6. The van der Waals surface area contributed by atoms with E-state index in [0.717, 1.165) is 96.4 Å². The molecular weight excluding hydrogens is 757 g/mol. The number of benzene rings is 4. The van der Waals surface area contributed by atoms with Gasteiger partial charge in [0.05, 0.1) is 35.4 Å². The van der Waals surface area contributed by atoms with Crippen molar-refractivity contribution in [2.24, 2.45) is 17.6 Å². The van der Waals surface area contributed by atoms with Crippen molar-refractivity contribution in [1.29, 1.82) is 0 Å². The Morgan fingerprint density at radius 3 is 1.80 bits per heavy atom. The molecule has 0 radical (unpaired) electrons. The van der Waals surface area contributed by atoms with Gasteiger partial charge < -0.3 is 40.5 Å². The van der Waals surface area contributed by atoms with Crippen molar-refractivity contribution in [2.45, 2.75) is 52.1 Å². The smallest absolute Gasteiger partial charge is 0.407 e. The van der Waals surface area contributed by atoms with Crippen molar-refractivity contribution in [2.75, 3.05) is 62.3 Å². The number of nitrogens with two attached hydrogens (primary N) is 1. The lowest BCUT2D eigenvalue weighted by molar-refractivity contribution is 0.0821. The van der Waals surface area contributed by atoms with Crippen LogP contribution in [0.3, 0.4) is 0 Å². The number of rotatable bonds is 8. The number of phenols is 2. The van der Waals surface area contributed by atoms with E-state index in [-0.39, 0.29) is 29.6 Å². The lowest BCUT2D eigenvalue weighted by Crippen LogP contribution is -2.42. The molecule has 3 aliphatic rings. The number of phenolic OH excluding ortho intramolecular Hbond substituents is 2. The van der Waals surface area contributed by atoms with E-state index in [1.807, 2.05) is 31.2 Å². The molecular formula is C47H54N8O5. The molecule has 4 aromatic carbocycles. The van der Waals surface area contributed by atoms with Crippen LogP contribution in [0.15, 0.2) is 84.9 Å². The number of ether oxygens (including phenoxy) is 2. The van der Waals surface area contributed by atoms with Gasteiger partial charge in [0.25, 0.3) is 0 Å². The zero-order valence-electron chi connectivity index (χ0n) is 34.4. The summed E-state index contributed by atoms with van der Waals surface area (Å²) in [5.74, 6) is 4.00. The lowest BCUT2D eigenvalue weighted by atomic mass is 9.97. The van der Waals surface area contributed by atoms with Crippen LogP contribution >= 0.6 is 0 Å². The van der Waals surface area contributed by atoms with Crippen LogP contribution in [0.4, 0.5) is 16.4 Å². The zero-order valence-corrected chi connectivity index (χ0v) is 34.4. The summed E-state index contributed by atoms with van der Waals surface area (Å²) in [7, 11) is 0. The molecule has 9 rings (SSSR count). The molecule has 60 heavy (non-hydrogen) atoms. The first-order valence-electron chi connectivity index (χ1n) is 21.1. The van der Waals surface area contributed by atoms with Crippen molar-refractivity contribution in [3.63, 3.8) is 0 Å². The van der Waals surface area contributed by atoms with Gasteiger partial charge in [-0.2, -0.15) is 0 Å². The number of fused-ring (bicyclic) bond motifs is 2. The van der Waals surface area contributed by atoms with Gasteiger partial charge in [0, 0.05) is 49.9 Å². The first-order valence-corrected chi connectivity index (χ1v) is 21.1. The van der Waals surface area contributed by atoms with Gasteiger partial charge in [0.15, 0.2) is 11.6 Å². The number of nitrogens with one attached hydrogen (secondary N) is 1. The molecule has 0 spiro atoms. The molecule has 3 atom stereocenters. The normalized spacial score (nSPS) is 19.2. The highest BCUT2D eigenvalue weighted by atomic mass is 16.6. The Hall–Kier alpha value is -6.05. The Kier molecular flexibility index (Phi) is 12.5. The molecule has 0 saturated carbocycles. The topological polar surface area (TPSA) is 172 Å². The molecule has 3 fully saturated rings. The van der Waals surface area contributed by atoms with E-state index in [9.17, 15) is 15.0 Å². The summed E-state index contributed by atoms with van der Waals surface area (Å²) in [6, 6.07) is 26.8. The number of alkyl carbamates (subject to hydrolysis) is 1. The molecule has 3 aliphatic heterocycles. The van der Waals surface area contributed by atoms with Gasteiger partial charge in [-0.05, 0) is 118 Å². The average molecular weight is 811 g/mol. The minimum atomic E-state index is -0.377. The van der Waals surface area contributed by atoms with Crippen LogP contribution < -0.4 is 20.9 Å². The van der Waals surface area contributed by atoms with Gasteiger partial charge in [-0.3, -0.25) is 0 Å². The fourth-order valence-electron chi connectivity index (χ4n) is 8.39. The number of amides is 1. The first kappa shape index (κ1) is 40.7. The molecule has 0 aliphatic carbocycles. The number of aromatic hydroxyl groups is 2. The maximum atomic E-state index is 12.2. The predicted octanol–water partition coefficient (Wildman–Crippen LogP) is 7.53. The van der Waals surface area contributed by atoms with Crippen molar-refractivity contribution in [1.82, 2.24) is 25.3 Å². The SMILES string of the molecule is Cc1ccc2c(N3CCC[C@@H](CN)C3)nc(-c3ccccc3O)nc2c1.Cc1ccc2c(N3CCC[C@@H](CNC(=O)O[C@H]4CCOC4)C3)nc(-c3ccccc3O)nc2c1. The summed E-state index contributed by atoms with van der Waals surface area (Å²) in [6.45, 7) is 10.0. The molecule has 312 valence electrons. The van der Waals surface area contributed by atoms with E-state index >= 15 is 0 Å². The van der Waals surface area contributed by atoms with Crippen LogP contribution in [0.1, 0.15) is 43.2 Å². The largest absolute Gasteiger partial charge is 0.507 e. The van der Waals surface area contributed by atoms with Crippen LogP contribution in [0.5, 0.6) is 11.5 Å². The Balaban J connectivity index is 0.000000172. The third-order valence-electron chi connectivity index (χ3n) is 11.6. The molecule has 2 aromatic heterocycles. The second-order valence-corrected chi connectivity index (χ2v) is 16.2. The molecule has 5 N–H and O–H groups in total. The maximum Gasteiger partial charge on any atom is 0.407 e. The van der Waals surface area contributed by atoms with Crippen LogP contribution in [-0.4, -0.2) is 94.8 Å². The Labute approximate surface area is 350 Å². The van der Waals surface area contributed by atoms with Crippen LogP contribution in [0.25, 0.3) is 44.6 Å². The average Bonchev–Trinajstić information content (AvgIpc) is 3.78. The van der Waals surface area contributed by atoms with E-state index in [1.165, 1.54) is 6.42 Å². The van der Waals surface area contributed by atoms with E-state index in [1.54, 1.807) is 24.3 Å². The van der Waals surface area contributed by atoms with Crippen molar-refractivity contribution < 1.29 is 24.5 Å². The number of nitrogens with zero attached hydrogens (tertiary/aromatic N) is 6. The second-order valence-electron chi connectivity index (χ2n) is 16.2. The number of hydrogen-bond acceptors (Lipinski definition) is 12. The Bertz CT molecular complexity index is 2460. The standard InChI is InChI=1S/C26H30N4O4.C21H24N4O/c1-17-8-9-20-22(13-17)28-24(21-6-2-3-7-23(21)31)29-25(20)30-11-4-5-18(15-30)14-27-26(32)34-19-10-12-33-16-19;1-14-8-9-16-18(11-14)23-20(17-6-2-3-7-19(17)26)24-21(16)25-10-4-5-15(12-22)13-25/h2-3,6-9,13,18-19,31H,4-5,10-12,14-16H2,1H3,(H,27,32);2-3,6-9,11,15,26H,4-5,10,12-13,22H2,1H3/t18-,19-;15-/m00/s1. The molecule has 6 aromatic rings. The number of aromatic nitrogens is 4. The molecule has 5 heterocycles. The summed E-state index contributed by atoms with van der Waals surface area (Å²) < 4.78 is 10.7. The van der Waals surface area contributed by atoms with Crippen molar-refractivity contribution >= 4 is 39.5 Å². The number of para-hydroxylation sites is 2.